The van der Waals surface area contributed by atoms with Crippen molar-refractivity contribution in [1.82, 2.24) is 14.5 Å². The molecule has 0 unspecified atom stereocenters. The number of nitrogens with zero attached hydrogens (tertiary/aromatic N) is 3. The summed E-state index contributed by atoms with van der Waals surface area (Å²) in [7, 11) is 0. The number of anilines is 1. The SMILES string of the molecule is CCOCCC(=O)Nc1nc2ccc(C)nc2n1C1CCC1. The molecule has 22 heavy (non-hydrogen) atoms. The second-order valence-electron chi connectivity index (χ2n) is 5.68. The van der Waals surface area contributed by atoms with Crippen LogP contribution in [0.25, 0.3) is 11.2 Å². The first-order chi connectivity index (χ1) is 10.7. The van der Waals surface area contributed by atoms with Gasteiger partial charge in [-0.2, -0.15) is 0 Å². The summed E-state index contributed by atoms with van der Waals surface area (Å²) in [5, 5.41) is 2.92. The first-order valence-electron chi connectivity index (χ1n) is 7.92. The molecular formula is C16H22N4O2. The van der Waals surface area contributed by atoms with Crippen LogP contribution in [0.2, 0.25) is 0 Å². The summed E-state index contributed by atoms with van der Waals surface area (Å²) in [6.45, 7) is 4.94. The van der Waals surface area contributed by atoms with Crippen LogP contribution in [0.15, 0.2) is 12.1 Å². The van der Waals surface area contributed by atoms with Crippen molar-refractivity contribution in [3.8, 4) is 0 Å². The van der Waals surface area contributed by atoms with E-state index in [9.17, 15) is 4.79 Å². The third kappa shape index (κ3) is 2.97. The number of amides is 1. The fraction of sp³-hybridized carbons (Fsp3) is 0.562. The van der Waals surface area contributed by atoms with Gasteiger partial charge in [0.2, 0.25) is 11.9 Å². The number of hydrogen-bond acceptors (Lipinski definition) is 4. The van der Waals surface area contributed by atoms with Gasteiger partial charge in [0.15, 0.2) is 5.65 Å². The highest BCUT2D eigenvalue weighted by atomic mass is 16.5. The Bertz CT molecular complexity index is 676. The normalized spacial score (nSPS) is 15.0. The summed E-state index contributed by atoms with van der Waals surface area (Å²) in [6.07, 6.45) is 3.79. The van der Waals surface area contributed by atoms with Crippen LogP contribution in [0.4, 0.5) is 5.95 Å². The van der Waals surface area contributed by atoms with E-state index >= 15 is 0 Å². The predicted molar refractivity (Wildman–Crippen MR) is 84.9 cm³/mol. The molecule has 0 radical (unpaired) electrons. The summed E-state index contributed by atoms with van der Waals surface area (Å²) in [6, 6.07) is 4.30. The highest BCUT2D eigenvalue weighted by Crippen LogP contribution is 2.36. The number of rotatable bonds is 6. The number of carbonyl (C=O) groups excluding carboxylic acids is 1. The van der Waals surface area contributed by atoms with Gasteiger partial charge in [-0.15, -0.1) is 0 Å². The number of ether oxygens (including phenoxy) is 1. The van der Waals surface area contributed by atoms with Crippen molar-refractivity contribution in [2.75, 3.05) is 18.5 Å². The molecule has 0 bridgehead atoms. The molecule has 2 heterocycles. The Labute approximate surface area is 129 Å². The van der Waals surface area contributed by atoms with E-state index in [1.807, 2.05) is 26.0 Å². The standard InChI is InChI=1S/C16H22N4O2/c1-3-22-10-9-14(21)19-16-18-13-8-7-11(2)17-15(13)20(16)12-5-4-6-12/h7-8,12H,3-6,9-10H2,1-2H3,(H,18,19,21). The molecule has 6 nitrogen and oxygen atoms in total. The Hall–Kier alpha value is -1.95. The van der Waals surface area contributed by atoms with Gasteiger partial charge in [-0.05, 0) is 45.2 Å². The fourth-order valence-electron chi connectivity index (χ4n) is 2.64. The van der Waals surface area contributed by atoms with Crippen LogP contribution in [0, 0.1) is 6.92 Å². The number of pyridine rings is 1. The first-order valence-corrected chi connectivity index (χ1v) is 7.92. The van der Waals surface area contributed by atoms with Crippen LogP contribution in [-0.2, 0) is 9.53 Å². The van der Waals surface area contributed by atoms with Crippen LogP contribution in [0.3, 0.4) is 0 Å². The Kier molecular flexibility index (Phi) is 4.38. The van der Waals surface area contributed by atoms with Crippen molar-refractivity contribution in [2.45, 2.75) is 45.6 Å². The van der Waals surface area contributed by atoms with Crippen molar-refractivity contribution in [2.24, 2.45) is 0 Å². The lowest BCUT2D eigenvalue weighted by molar-refractivity contribution is -0.117. The largest absolute Gasteiger partial charge is 0.381 e. The van der Waals surface area contributed by atoms with E-state index in [1.165, 1.54) is 6.42 Å². The van der Waals surface area contributed by atoms with Crippen molar-refractivity contribution >= 4 is 23.0 Å². The minimum Gasteiger partial charge on any atom is -0.381 e. The smallest absolute Gasteiger partial charge is 0.229 e. The van der Waals surface area contributed by atoms with Gasteiger partial charge in [0.25, 0.3) is 0 Å². The molecule has 2 aromatic heterocycles. The van der Waals surface area contributed by atoms with E-state index in [0.29, 0.717) is 31.6 Å². The van der Waals surface area contributed by atoms with Gasteiger partial charge in [0.05, 0.1) is 13.0 Å². The monoisotopic (exact) mass is 302 g/mol. The number of aryl methyl sites for hydroxylation is 1. The maximum atomic E-state index is 12.0. The van der Waals surface area contributed by atoms with E-state index in [4.69, 9.17) is 4.74 Å². The third-order valence-corrected chi connectivity index (χ3v) is 4.05. The summed E-state index contributed by atoms with van der Waals surface area (Å²) < 4.78 is 7.31. The molecule has 0 atom stereocenters. The topological polar surface area (TPSA) is 69.0 Å². The van der Waals surface area contributed by atoms with Crippen molar-refractivity contribution in [3.63, 3.8) is 0 Å². The fourth-order valence-corrected chi connectivity index (χ4v) is 2.64. The van der Waals surface area contributed by atoms with E-state index < -0.39 is 0 Å². The molecular weight excluding hydrogens is 280 g/mol. The van der Waals surface area contributed by atoms with E-state index in [1.54, 1.807) is 0 Å². The second-order valence-corrected chi connectivity index (χ2v) is 5.68. The summed E-state index contributed by atoms with van der Waals surface area (Å²) in [5.41, 5.74) is 2.66. The molecule has 1 aliphatic carbocycles. The second kappa shape index (κ2) is 6.44. The van der Waals surface area contributed by atoms with E-state index in [2.05, 4.69) is 19.9 Å². The molecule has 0 aliphatic heterocycles. The van der Waals surface area contributed by atoms with Gasteiger partial charge in [-0.25, -0.2) is 9.97 Å². The van der Waals surface area contributed by atoms with Crippen LogP contribution < -0.4 is 5.32 Å². The van der Waals surface area contributed by atoms with Crippen LogP contribution in [0.5, 0.6) is 0 Å². The van der Waals surface area contributed by atoms with Gasteiger partial charge in [0, 0.05) is 18.3 Å². The van der Waals surface area contributed by atoms with Crippen LogP contribution in [-0.4, -0.2) is 33.7 Å². The first kappa shape index (κ1) is 15.0. The molecule has 0 aromatic carbocycles. The Morgan fingerprint density at radius 1 is 1.41 bits per heavy atom. The number of nitrogens with one attached hydrogen (secondary N) is 1. The number of aromatic nitrogens is 3. The maximum absolute atomic E-state index is 12.0. The average molecular weight is 302 g/mol. The Morgan fingerprint density at radius 2 is 2.23 bits per heavy atom. The lowest BCUT2D eigenvalue weighted by Crippen LogP contribution is -2.23. The van der Waals surface area contributed by atoms with Gasteiger partial charge in [-0.1, -0.05) is 0 Å². The van der Waals surface area contributed by atoms with Gasteiger partial charge < -0.3 is 4.74 Å². The van der Waals surface area contributed by atoms with Gasteiger partial charge in [0.1, 0.15) is 5.52 Å². The third-order valence-electron chi connectivity index (χ3n) is 4.05. The molecule has 2 aromatic rings. The minimum absolute atomic E-state index is 0.0685. The highest BCUT2D eigenvalue weighted by molar-refractivity contribution is 5.91. The molecule has 6 heteroatoms. The molecule has 0 saturated heterocycles. The molecule has 1 aliphatic rings. The number of fused-ring (bicyclic) bond motifs is 1. The van der Waals surface area contributed by atoms with E-state index in [-0.39, 0.29) is 5.91 Å². The zero-order valence-electron chi connectivity index (χ0n) is 13.1. The molecule has 1 saturated carbocycles. The molecule has 118 valence electrons. The summed E-state index contributed by atoms with van der Waals surface area (Å²) in [5.74, 6) is 0.542. The van der Waals surface area contributed by atoms with Gasteiger partial charge >= 0.3 is 0 Å². The molecule has 0 spiro atoms. The van der Waals surface area contributed by atoms with Gasteiger partial charge in [-0.3, -0.25) is 14.7 Å². The zero-order chi connectivity index (χ0) is 15.5. The van der Waals surface area contributed by atoms with Crippen molar-refractivity contribution in [1.29, 1.82) is 0 Å². The van der Waals surface area contributed by atoms with Crippen LogP contribution in [0.1, 0.15) is 44.3 Å². The quantitative estimate of drug-likeness (QED) is 0.833. The number of hydrogen-bond donors (Lipinski definition) is 1. The van der Waals surface area contributed by atoms with Crippen molar-refractivity contribution in [3.05, 3.63) is 17.8 Å². The Morgan fingerprint density at radius 3 is 2.91 bits per heavy atom. The zero-order valence-corrected chi connectivity index (χ0v) is 13.1. The summed E-state index contributed by atoms with van der Waals surface area (Å²) >= 11 is 0. The van der Waals surface area contributed by atoms with E-state index in [0.717, 1.165) is 29.7 Å². The predicted octanol–water partition coefficient (Wildman–Crippen LogP) is 2.83. The minimum atomic E-state index is -0.0685. The Balaban J connectivity index is 1.86. The highest BCUT2D eigenvalue weighted by Gasteiger charge is 2.26. The summed E-state index contributed by atoms with van der Waals surface area (Å²) in [4.78, 5) is 21.2. The maximum Gasteiger partial charge on any atom is 0.229 e. The average Bonchev–Trinajstić information content (AvgIpc) is 2.75. The lowest BCUT2D eigenvalue weighted by atomic mass is 9.93. The van der Waals surface area contributed by atoms with Crippen LogP contribution >= 0.6 is 0 Å². The molecule has 3 rings (SSSR count). The lowest BCUT2D eigenvalue weighted by Gasteiger charge is -2.28. The van der Waals surface area contributed by atoms with Crippen molar-refractivity contribution < 1.29 is 9.53 Å². The molecule has 1 fully saturated rings. The number of carbonyl (C=O) groups is 1. The number of imidazole rings is 1. The molecule has 1 N–H and O–H groups in total. The molecule has 1 amide bonds.